The fourth-order valence-electron chi connectivity index (χ4n) is 2.75. The molecule has 0 spiro atoms. The number of carbonyl (C=O) groups excluding carboxylic acids is 1. The molecule has 1 amide bonds. The average molecular weight is 329 g/mol. The molecule has 0 aliphatic carbocycles. The molecule has 2 rings (SSSR count). The quantitative estimate of drug-likeness (QED) is 0.886. The molecule has 0 radical (unpaired) electrons. The van der Waals surface area contributed by atoms with Crippen LogP contribution in [0.3, 0.4) is 0 Å². The molecule has 1 heterocycles. The monoisotopic (exact) mass is 328 g/mol. The Kier molecular flexibility index (Phi) is 6.34. The van der Waals surface area contributed by atoms with Gasteiger partial charge in [-0.2, -0.15) is 0 Å². The Morgan fingerprint density at radius 3 is 2.62 bits per heavy atom. The van der Waals surface area contributed by atoms with Crippen molar-refractivity contribution in [3.63, 3.8) is 0 Å². The van der Waals surface area contributed by atoms with Crippen LogP contribution >= 0.6 is 23.2 Å². The largest absolute Gasteiger partial charge is 0.337 e. The van der Waals surface area contributed by atoms with E-state index in [1.54, 1.807) is 18.2 Å². The van der Waals surface area contributed by atoms with Gasteiger partial charge in [-0.15, -0.1) is 0 Å². The summed E-state index contributed by atoms with van der Waals surface area (Å²) in [5.41, 5.74) is 0.421. The third kappa shape index (κ3) is 4.35. The van der Waals surface area contributed by atoms with E-state index in [-0.39, 0.29) is 5.91 Å². The third-order valence-corrected chi connectivity index (χ3v) is 4.44. The summed E-state index contributed by atoms with van der Waals surface area (Å²) in [6.07, 6.45) is 4.47. The predicted molar refractivity (Wildman–Crippen MR) is 88.3 cm³/mol. The van der Waals surface area contributed by atoms with Crippen molar-refractivity contribution in [3.8, 4) is 0 Å². The zero-order valence-corrected chi connectivity index (χ0v) is 13.9. The zero-order valence-electron chi connectivity index (χ0n) is 12.4. The molecule has 116 valence electrons. The number of nitrogens with one attached hydrogen (secondary N) is 1. The van der Waals surface area contributed by atoms with Crippen LogP contribution in [0.4, 0.5) is 0 Å². The fraction of sp³-hybridized carbons (Fsp3) is 0.562. The number of halogens is 2. The molecule has 0 saturated carbocycles. The molecule has 1 atom stereocenters. The molecule has 1 saturated heterocycles. The molecule has 1 aromatic carbocycles. The lowest BCUT2D eigenvalue weighted by Crippen LogP contribution is -2.46. The first-order chi connectivity index (χ1) is 10.1. The Morgan fingerprint density at radius 1 is 1.33 bits per heavy atom. The van der Waals surface area contributed by atoms with Gasteiger partial charge in [-0.05, 0) is 37.9 Å². The van der Waals surface area contributed by atoms with E-state index in [1.165, 1.54) is 12.8 Å². The third-order valence-electron chi connectivity index (χ3n) is 3.81. The molecule has 1 unspecified atom stereocenters. The van der Waals surface area contributed by atoms with Crippen molar-refractivity contribution in [2.45, 2.75) is 38.6 Å². The summed E-state index contributed by atoms with van der Waals surface area (Å²) in [5.74, 6) is -0.0696. The minimum Gasteiger partial charge on any atom is -0.337 e. The van der Waals surface area contributed by atoms with E-state index in [2.05, 4.69) is 12.2 Å². The molecule has 1 fully saturated rings. The number of amides is 1. The maximum Gasteiger partial charge on any atom is 0.256 e. The molecule has 3 nitrogen and oxygen atoms in total. The molecule has 5 heteroatoms. The Labute approximate surface area is 136 Å². The number of nitrogens with zero attached hydrogens (tertiary/aromatic N) is 1. The zero-order chi connectivity index (χ0) is 15.2. The van der Waals surface area contributed by atoms with Crippen molar-refractivity contribution in [2.75, 3.05) is 19.6 Å². The molecule has 1 N–H and O–H groups in total. The summed E-state index contributed by atoms with van der Waals surface area (Å²) in [4.78, 5) is 14.7. The Balaban J connectivity index is 2.14. The Morgan fingerprint density at radius 2 is 2.05 bits per heavy atom. The van der Waals surface area contributed by atoms with E-state index in [4.69, 9.17) is 23.2 Å². The summed E-state index contributed by atoms with van der Waals surface area (Å²) < 4.78 is 0. The highest BCUT2D eigenvalue weighted by Crippen LogP contribution is 2.26. The number of carbonyl (C=O) groups is 1. The summed E-state index contributed by atoms with van der Waals surface area (Å²) in [6.45, 7) is 4.54. The first kappa shape index (κ1) is 16.6. The molecule has 1 aliphatic rings. The van der Waals surface area contributed by atoms with Crippen LogP contribution in [0, 0.1) is 0 Å². The van der Waals surface area contributed by atoms with Crippen LogP contribution in [-0.4, -0.2) is 36.5 Å². The van der Waals surface area contributed by atoms with Gasteiger partial charge in [0.05, 0.1) is 15.6 Å². The van der Waals surface area contributed by atoms with Crippen LogP contribution in [-0.2, 0) is 0 Å². The lowest BCUT2D eigenvalue weighted by Gasteiger charge is -2.31. The average Bonchev–Trinajstić information content (AvgIpc) is 2.47. The summed E-state index contributed by atoms with van der Waals surface area (Å²) in [6, 6.07) is 5.55. The van der Waals surface area contributed by atoms with Gasteiger partial charge in [-0.3, -0.25) is 4.79 Å². The fourth-order valence-corrected chi connectivity index (χ4v) is 3.31. The van der Waals surface area contributed by atoms with Crippen molar-refractivity contribution >= 4 is 29.1 Å². The second-order valence-corrected chi connectivity index (χ2v) is 6.31. The topological polar surface area (TPSA) is 32.3 Å². The second kappa shape index (κ2) is 8.02. The number of hydrogen-bond acceptors (Lipinski definition) is 2. The number of piperidine rings is 1. The molecule has 1 aliphatic heterocycles. The van der Waals surface area contributed by atoms with E-state index in [1.807, 2.05) is 4.90 Å². The van der Waals surface area contributed by atoms with E-state index in [9.17, 15) is 4.79 Å². The minimum absolute atomic E-state index is 0.0696. The van der Waals surface area contributed by atoms with Crippen molar-refractivity contribution < 1.29 is 4.79 Å². The SMILES string of the molecule is CCCN(CC1CCCCN1)C(=O)c1c(Cl)cccc1Cl. The van der Waals surface area contributed by atoms with Gasteiger partial charge >= 0.3 is 0 Å². The van der Waals surface area contributed by atoms with Gasteiger partial charge in [0.25, 0.3) is 5.91 Å². The summed E-state index contributed by atoms with van der Waals surface area (Å²) in [5, 5.41) is 4.33. The van der Waals surface area contributed by atoms with Crippen molar-refractivity contribution in [2.24, 2.45) is 0 Å². The van der Waals surface area contributed by atoms with Crippen LogP contribution in [0.2, 0.25) is 10.0 Å². The number of hydrogen-bond donors (Lipinski definition) is 1. The molecule has 1 aromatic rings. The standard InChI is InChI=1S/C16H22Cl2N2O/c1-2-10-20(11-12-6-3-4-9-19-12)16(21)15-13(17)7-5-8-14(15)18/h5,7-8,12,19H,2-4,6,9-11H2,1H3. The predicted octanol–water partition coefficient (Wildman–Crippen LogP) is 3.99. The summed E-state index contributed by atoms with van der Waals surface area (Å²) >= 11 is 12.3. The van der Waals surface area contributed by atoms with Crippen LogP contribution in [0.5, 0.6) is 0 Å². The maximum atomic E-state index is 12.8. The van der Waals surface area contributed by atoms with E-state index < -0.39 is 0 Å². The van der Waals surface area contributed by atoms with Gasteiger partial charge < -0.3 is 10.2 Å². The Hall–Kier alpha value is -0.770. The lowest BCUT2D eigenvalue weighted by atomic mass is 10.0. The van der Waals surface area contributed by atoms with Gasteiger partial charge in [0.2, 0.25) is 0 Å². The molecular formula is C16H22Cl2N2O. The highest BCUT2D eigenvalue weighted by molar-refractivity contribution is 6.39. The maximum absolute atomic E-state index is 12.8. The van der Waals surface area contributed by atoms with Gasteiger partial charge in [0.15, 0.2) is 0 Å². The highest BCUT2D eigenvalue weighted by atomic mass is 35.5. The van der Waals surface area contributed by atoms with Gasteiger partial charge in [-0.25, -0.2) is 0 Å². The Bertz CT molecular complexity index is 467. The molecule has 0 bridgehead atoms. The number of rotatable bonds is 5. The lowest BCUT2D eigenvalue weighted by molar-refractivity contribution is 0.0732. The summed E-state index contributed by atoms with van der Waals surface area (Å²) in [7, 11) is 0. The second-order valence-electron chi connectivity index (χ2n) is 5.49. The van der Waals surface area contributed by atoms with Crippen LogP contribution in [0.15, 0.2) is 18.2 Å². The van der Waals surface area contributed by atoms with Crippen molar-refractivity contribution in [1.82, 2.24) is 10.2 Å². The first-order valence-electron chi connectivity index (χ1n) is 7.60. The van der Waals surface area contributed by atoms with Crippen LogP contribution < -0.4 is 5.32 Å². The smallest absolute Gasteiger partial charge is 0.256 e. The minimum atomic E-state index is -0.0696. The van der Waals surface area contributed by atoms with E-state index >= 15 is 0 Å². The molecule has 21 heavy (non-hydrogen) atoms. The molecular weight excluding hydrogens is 307 g/mol. The van der Waals surface area contributed by atoms with Gasteiger partial charge in [-0.1, -0.05) is 42.6 Å². The van der Waals surface area contributed by atoms with Crippen LogP contribution in [0.25, 0.3) is 0 Å². The van der Waals surface area contributed by atoms with Crippen molar-refractivity contribution in [1.29, 1.82) is 0 Å². The number of benzene rings is 1. The van der Waals surface area contributed by atoms with E-state index in [0.717, 1.165) is 25.9 Å². The first-order valence-corrected chi connectivity index (χ1v) is 8.35. The van der Waals surface area contributed by atoms with Gasteiger partial charge in [0, 0.05) is 19.1 Å². The van der Waals surface area contributed by atoms with E-state index in [0.29, 0.717) is 28.2 Å². The normalized spacial score (nSPS) is 18.5. The van der Waals surface area contributed by atoms with Crippen molar-refractivity contribution in [3.05, 3.63) is 33.8 Å². The highest BCUT2D eigenvalue weighted by Gasteiger charge is 2.24. The molecule has 0 aromatic heterocycles. The van der Waals surface area contributed by atoms with Crippen LogP contribution in [0.1, 0.15) is 43.0 Å². The van der Waals surface area contributed by atoms with Gasteiger partial charge in [0.1, 0.15) is 0 Å².